The average molecular weight is 118 g/mol. The van der Waals surface area contributed by atoms with Crippen LogP contribution in [0.5, 0.6) is 0 Å². The van der Waals surface area contributed by atoms with Crippen LogP contribution in [-0.2, 0) is 5.11 Å². The second-order valence-corrected chi connectivity index (χ2v) is 2.06. The maximum absolute atomic E-state index is 11.9. The van der Waals surface area contributed by atoms with E-state index in [0.29, 0.717) is 19.6 Å². The molecule has 1 radical (unpaired) electrons. The van der Waals surface area contributed by atoms with E-state index in [1.165, 1.54) is 0 Å². The molecule has 0 bridgehead atoms. The first kappa shape index (κ1) is 5.98. The summed E-state index contributed by atoms with van der Waals surface area (Å²) in [6.07, 6.45) is -0.665. The molecular weight excluding hydrogens is 109 g/mol. The fraction of sp³-hybridized carbons (Fsp3) is 1.00. The van der Waals surface area contributed by atoms with Crippen molar-refractivity contribution in [3.8, 4) is 0 Å². The van der Waals surface area contributed by atoms with Crippen molar-refractivity contribution in [3.63, 3.8) is 0 Å². The molecule has 0 aromatic carbocycles. The SMILES string of the molecule is [O]CCN1CC(F)C1. The van der Waals surface area contributed by atoms with Crippen molar-refractivity contribution in [3.05, 3.63) is 0 Å². The molecule has 0 amide bonds. The first-order valence-electron chi connectivity index (χ1n) is 2.77. The van der Waals surface area contributed by atoms with Crippen LogP contribution >= 0.6 is 0 Å². The maximum Gasteiger partial charge on any atom is 0.125 e. The zero-order valence-corrected chi connectivity index (χ0v) is 4.64. The summed E-state index contributed by atoms with van der Waals surface area (Å²) in [5.74, 6) is 0. The van der Waals surface area contributed by atoms with Crippen LogP contribution in [0, 0.1) is 0 Å². The maximum atomic E-state index is 11.9. The lowest BCUT2D eigenvalue weighted by molar-refractivity contribution is 0.0383. The molecule has 0 N–H and O–H groups in total. The number of hydrogen-bond acceptors (Lipinski definition) is 1. The number of alkyl halides is 1. The molecule has 0 aromatic rings. The summed E-state index contributed by atoms with van der Waals surface area (Å²) in [5, 5.41) is 9.88. The van der Waals surface area contributed by atoms with E-state index in [4.69, 9.17) is 0 Å². The summed E-state index contributed by atoms with van der Waals surface area (Å²) in [4.78, 5) is 1.82. The molecule has 1 aliphatic heterocycles. The molecule has 2 nitrogen and oxygen atoms in total. The highest BCUT2D eigenvalue weighted by Crippen LogP contribution is 2.08. The molecule has 1 fully saturated rings. The molecule has 1 heterocycles. The van der Waals surface area contributed by atoms with E-state index in [-0.39, 0.29) is 6.61 Å². The topological polar surface area (TPSA) is 23.1 Å². The summed E-state index contributed by atoms with van der Waals surface area (Å²) in [7, 11) is 0. The molecule has 0 spiro atoms. The van der Waals surface area contributed by atoms with Gasteiger partial charge in [-0.1, -0.05) is 0 Å². The van der Waals surface area contributed by atoms with Gasteiger partial charge in [0.05, 0.1) is 6.61 Å². The van der Waals surface area contributed by atoms with Crippen molar-refractivity contribution in [1.29, 1.82) is 0 Å². The Morgan fingerprint density at radius 3 is 2.62 bits per heavy atom. The highest BCUT2D eigenvalue weighted by molar-refractivity contribution is 4.78. The van der Waals surface area contributed by atoms with E-state index in [1.54, 1.807) is 0 Å². The summed E-state index contributed by atoms with van der Waals surface area (Å²) in [6.45, 7) is 1.36. The second kappa shape index (κ2) is 2.42. The minimum absolute atomic E-state index is 0.104. The summed E-state index contributed by atoms with van der Waals surface area (Å²) in [5.41, 5.74) is 0. The highest BCUT2D eigenvalue weighted by Gasteiger charge is 2.24. The van der Waals surface area contributed by atoms with Crippen molar-refractivity contribution < 1.29 is 9.50 Å². The first-order valence-corrected chi connectivity index (χ1v) is 2.77. The predicted octanol–water partition coefficient (Wildman–Crippen LogP) is 0.0706. The molecule has 8 heavy (non-hydrogen) atoms. The van der Waals surface area contributed by atoms with Crippen molar-refractivity contribution in [2.24, 2.45) is 0 Å². The zero-order chi connectivity index (χ0) is 5.98. The Kier molecular flexibility index (Phi) is 1.81. The lowest BCUT2D eigenvalue weighted by Crippen LogP contribution is -2.49. The smallest absolute Gasteiger partial charge is 0.125 e. The quantitative estimate of drug-likeness (QED) is 0.503. The molecule has 3 heteroatoms. The minimum atomic E-state index is -0.665. The van der Waals surface area contributed by atoms with Gasteiger partial charge < -0.3 is 0 Å². The van der Waals surface area contributed by atoms with Crippen LogP contribution in [0.15, 0.2) is 0 Å². The van der Waals surface area contributed by atoms with Gasteiger partial charge in [-0.15, -0.1) is 0 Å². The Hall–Kier alpha value is -0.150. The molecule has 47 valence electrons. The van der Waals surface area contributed by atoms with E-state index in [0.717, 1.165) is 0 Å². The van der Waals surface area contributed by atoms with Gasteiger partial charge in [0.2, 0.25) is 0 Å². The fourth-order valence-electron chi connectivity index (χ4n) is 0.819. The zero-order valence-electron chi connectivity index (χ0n) is 4.64. The molecule has 0 saturated carbocycles. The lowest BCUT2D eigenvalue weighted by atomic mass is 10.2. The molecule has 1 aliphatic rings. The van der Waals surface area contributed by atoms with E-state index < -0.39 is 6.17 Å². The number of likely N-dealkylation sites (tertiary alicyclic amines) is 1. The largest absolute Gasteiger partial charge is 0.295 e. The number of rotatable bonds is 2. The van der Waals surface area contributed by atoms with Gasteiger partial charge in [-0.2, -0.15) is 0 Å². The molecule has 0 aromatic heterocycles. The Morgan fingerprint density at radius 2 is 2.25 bits per heavy atom. The summed E-state index contributed by atoms with van der Waals surface area (Å²) in [6, 6.07) is 0. The van der Waals surface area contributed by atoms with E-state index in [1.807, 2.05) is 4.90 Å². The first-order chi connectivity index (χ1) is 3.83. The Labute approximate surface area is 47.9 Å². The van der Waals surface area contributed by atoms with Crippen molar-refractivity contribution in [2.45, 2.75) is 6.17 Å². The van der Waals surface area contributed by atoms with E-state index >= 15 is 0 Å². The predicted molar refractivity (Wildman–Crippen MR) is 26.9 cm³/mol. The van der Waals surface area contributed by atoms with Crippen molar-refractivity contribution in [2.75, 3.05) is 26.2 Å². The summed E-state index contributed by atoms with van der Waals surface area (Å²) >= 11 is 0. The third-order valence-corrected chi connectivity index (χ3v) is 1.32. The molecule has 1 rings (SSSR count). The normalized spacial score (nSPS) is 23.2. The van der Waals surface area contributed by atoms with Gasteiger partial charge in [0.1, 0.15) is 6.17 Å². The molecule has 0 atom stereocenters. The lowest BCUT2D eigenvalue weighted by Gasteiger charge is -2.33. The average Bonchev–Trinajstić information content (AvgIpc) is 1.64. The van der Waals surface area contributed by atoms with Crippen LogP contribution in [0.1, 0.15) is 0 Å². The molecular formula is C5H9FNO. The van der Waals surface area contributed by atoms with Gasteiger partial charge in [-0.3, -0.25) is 4.90 Å². The van der Waals surface area contributed by atoms with Crippen molar-refractivity contribution in [1.82, 2.24) is 4.90 Å². The van der Waals surface area contributed by atoms with E-state index in [2.05, 4.69) is 0 Å². The molecule has 0 unspecified atom stereocenters. The van der Waals surface area contributed by atoms with E-state index in [9.17, 15) is 9.50 Å². The third-order valence-electron chi connectivity index (χ3n) is 1.32. The standard InChI is InChI=1S/C5H9FNO/c6-5-3-7(4-5)1-2-8/h5H,1-4H2. The van der Waals surface area contributed by atoms with Crippen LogP contribution in [0.2, 0.25) is 0 Å². The Morgan fingerprint density at radius 1 is 1.62 bits per heavy atom. The monoisotopic (exact) mass is 118 g/mol. The molecule has 1 saturated heterocycles. The van der Waals surface area contributed by atoms with Crippen LogP contribution in [-0.4, -0.2) is 37.3 Å². The number of nitrogens with zero attached hydrogens (tertiary/aromatic N) is 1. The van der Waals surface area contributed by atoms with Crippen LogP contribution in [0.4, 0.5) is 4.39 Å². The minimum Gasteiger partial charge on any atom is -0.295 e. The van der Waals surface area contributed by atoms with Gasteiger partial charge in [0, 0.05) is 19.6 Å². The van der Waals surface area contributed by atoms with Gasteiger partial charge in [0.25, 0.3) is 0 Å². The third kappa shape index (κ3) is 1.17. The number of hydrogen-bond donors (Lipinski definition) is 0. The van der Waals surface area contributed by atoms with Crippen LogP contribution in [0.25, 0.3) is 0 Å². The molecule has 0 aliphatic carbocycles. The Balaban J connectivity index is 1.98. The number of halogens is 1. The van der Waals surface area contributed by atoms with Gasteiger partial charge in [-0.05, 0) is 0 Å². The summed E-state index contributed by atoms with van der Waals surface area (Å²) < 4.78 is 11.9. The Bertz CT molecular complexity index is 70.1. The van der Waals surface area contributed by atoms with Crippen LogP contribution in [0.3, 0.4) is 0 Å². The fourth-order valence-corrected chi connectivity index (χ4v) is 0.819. The highest BCUT2D eigenvalue weighted by atomic mass is 19.1. The van der Waals surface area contributed by atoms with Crippen LogP contribution < -0.4 is 0 Å². The van der Waals surface area contributed by atoms with Crippen molar-refractivity contribution >= 4 is 0 Å². The van der Waals surface area contributed by atoms with Gasteiger partial charge in [-0.25, -0.2) is 9.50 Å². The van der Waals surface area contributed by atoms with Gasteiger partial charge >= 0.3 is 0 Å². The van der Waals surface area contributed by atoms with Gasteiger partial charge in [0.15, 0.2) is 0 Å². The second-order valence-electron chi connectivity index (χ2n) is 2.06.